The van der Waals surface area contributed by atoms with Crippen LogP contribution in [-0.2, 0) is 11.2 Å². The molecule has 158 valence electrons. The molecule has 2 aromatic carbocycles. The summed E-state index contributed by atoms with van der Waals surface area (Å²) < 4.78 is 4.98. The molecular formula is C24H27ClN2O3. The van der Waals surface area contributed by atoms with E-state index in [1.54, 1.807) is 43.3 Å². The summed E-state index contributed by atoms with van der Waals surface area (Å²) in [5.41, 5.74) is 2.80. The van der Waals surface area contributed by atoms with Crippen LogP contribution in [0.15, 0.2) is 67.8 Å². The fourth-order valence-corrected chi connectivity index (χ4v) is 3.16. The highest BCUT2D eigenvalue weighted by molar-refractivity contribution is 6.31. The van der Waals surface area contributed by atoms with Crippen molar-refractivity contribution in [3.8, 4) is 0 Å². The van der Waals surface area contributed by atoms with E-state index in [0.29, 0.717) is 48.8 Å². The van der Waals surface area contributed by atoms with Crippen molar-refractivity contribution in [1.82, 2.24) is 5.32 Å². The van der Waals surface area contributed by atoms with Gasteiger partial charge in [0.1, 0.15) is 0 Å². The van der Waals surface area contributed by atoms with Crippen molar-refractivity contribution in [2.75, 3.05) is 31.1 Å². The standard InChI is InChI=1S/C24H27ClN2O3/c1-4-15-27(16-5-2)22-12-11-20(25)17-21(22)23(28)26-14-13-18-7-9-19(10-8-18)24(29)30-6-3/h4-5,7-12,17H,1-2,6,13-16H2,3H3,(H,26,28). The number of esters is 1. The number of nitrogens with one attached hydrogen (secondary N) is 1. The van der Waals surface area contributed by atoms with Crippen LogP contribution < -0.4 is 10.2 Å². The molecule has 0 atom stereocenters. The predicted octanol–water partition coefficient (Wildman–Crippen LogP) is 4.67. The Bertz CT molecular complexity index is 884. The minimum Gasteiger partial charge on any atom is -0.462 e. The van der Waals surface area contributed by atoms with E-state index < -0.39 is 0 Å². The average molecular weight is 427 g/mol. The summed E-state index contributed by atoms with van der Waals surface area (Å²) in [6.45, 7) is 11.3. The number of rotatable bonds is 11. The number of hydrogen-bond acceptors (Lipinski definition) is 4. The van der Waals surface area contributed by atoms with Gasteiger partial charge < -0.3 is 15.0 Å². The quantitative estimate of drug-likeness (QED) is 0.419. The van der Waals surface area contributed by atoms with Crippen LogP contribution in [0.2, 0.25) is 5.02 Å². The second-order valence-corrected chi connectivity index (χ2v) is 7.00. The maximum atomic E-state index is 12.8. The smallest absolute Gasteiger partial charge is 0.338 e. The van der Waals surface area contributed by atoms with Gasteiger partial charge in [-0.3, -0.25) is 4.79 Å². The molecule has 30 heavy (non-hydrogen) atoms. The monoisotopic (exact) mass is 426 g/mol. The van der Waals surface area contributed by atoms with E-state index in [1.165, 1.54) is 0 Å². The van der Waals surface area contributed by atoms with Gasteiger partial charge in [-0.05, 0) is 49.2 Å². The van der Waals surface area contributed by atoms with Gasteiger partial charge in [-0.15, -0.1) is 13.2 Å². The van der Waals surface area contributed by atoms with E-state index in [4.69, 9.17) is 16.3 Å². The number of halogens is 1. The van der Waals surface area contributed by atoms with Crippen molar-refractivity contribution in [3.05, 3.63) is 89.5 Å². The molecular weight excluding hydrogens is 400 g/mol. The highest BCUT2D eigenvalue weighted by atomic mass is 35.5. The van der Waals surface area contributed by atoms with Crippen molar-refractivity contribution in [2.45, 2.75) is 13.3 Å². The molecule has 2 rings (SSSR count). The molecule has 5 nitrogen and oxygen atoms in total. The van der Waals surface area contributed by atoms with Gasteiger partial charge in [0.15, 0.2) is 0 Å². The van der Waals surface area contributed by atoms with Gasteiger partial charge in [0.25, 0.3) is 5.91 Å². The summed E-state index contributed by atoms with van der Waals surface area (Å²) in [6.07, 6.45) is 4.19. The van der Waals surface area contributed by atoms with Crippen molar-refractivity contribution < 1.29 is 14.3 Å². The molecule has 2 aromatic rings. The lowest BCUT2D eigenvalue weighted by atomic mass is 10.1. The van der Waals surface area contributed by atoms with Gasteiger partial charge in [-0.25, -0.2) is 4.79 Å². The van der Waals surface area contributed by atoms with E-state index in [9.17, 15) is 9.59 Å². The zero-order chi connectivity index (χ0) is 21.9. The average Bonchev–Trinajstić information content (AvgIpc) is 2.74. The third-order valence-electron chi connectivity index (χ3n) is 4.41. The largest absolute Gasteiger partial charge is 0.462 e. The van der Waals surface area contributed by atoms with Gasteiger partial charge in [-0.1, -0.05) is 35.9 Å². The summed E-state index contributed by atoms with van der Waals surface area (Å²) in [4.78, 5) is 26.5. The van der Waals surface area contributed by atoms with Crippen LogP contribution in [0.5, 0.6) is 0 Å². The Labute approximate surface area is 183 Å². The molecule has 0 aliphatic carbocycles. The van der Waals surface area contributed by atoms with E-state index in [1.807, 2.05) is 23.1 Å². The van der Waals surface area contributed by atoms with Crippen LogP contribution in [0.25, 0.3) is 0 Å². The molecule has 0 spiro atoms. The summed E-state index contributed by atoms with van der Waals surface area (Å²) in [5, 5.41) is 3.44. The summed E-state index contributed by atoms with van der Waals surface area (Å²) in [7, 11) is 0. The predicted molar refractivity (Wildman–Crippen MR) is 122 cm³/mol. The van der Waals surface area contributed by atoms with Crippen LogP contribution >= 0.6 is 11.6 Å². The Morgan fingerprint density at radius 1 is 1.10 bits per heavy atom. The third kappa shape index (κ3) is 6.49. The number of carbonyl (C=O) groups excluding carboxylic acids is 2. The molecule has 0 radical (unpaired) electrons. The number of hydrogen-bond donors (Lipinski definition) is 1. The number of ether oxygens (including phenoxy) is 1. The Kier molecular flexibility index (Phi) is 9.16. The second-order valence-electron chi connectivity index (χ2n) is 6.57. The number of nitrogens with zero attached hydrogens (tertiary/aromatic N) is 1. The number of carbonyl (C=O) groups is 2. The molecule has 0 saturated heterocycles. The summed E-state index contributed by atoms with van der Waals surface area (Å²) in [6, 6.07) is 12.4. The maximum absolute atomic E-state index is 12.8. The molecule has 0 saturated carbocycles. The molecule has 0 aliphatic heterocycles. The van der Waals surface area contributed by atoms with Gasteiger partial charge in [0, 0.05) is 24.7 Å². The van der Waals surface area contributed by atoms with Crippen molar-refractivity contribution in [2.24, 2.45) is 0 Å². The minimum absolute atomic E-state index is 0.200. The maximum Gasteiger partial charge on any atom is 0.338 e. The van der Waals surface area contributed by atoms with Gasteiger partial charge in [0.2, 0.25) is 0 Å². The molecule has 0 aromatic heterocycles. The van der Waals surface area contributed by atoms with Crippen LogP contribution in [0, 0.1) is 0 Å². The molecule has 0 heterocycles. The zero-order valence-electron chi connectivity index (χ0n) is 17.2. The van der Waals surface area contributed by atoms with Crippen LogP contribution in [0.4, 0.5) is 5.69 Å². The number of benzene rings is 2. The van der Waals surface area contributed by atoms with Crippen LogP contribution in [0.3, 0.4) is 0 Å². The number of anilines is 1. The van der Waals surface area contributed by atoms with Crippen molar-refractivity contribution >= 4 is 29.2 Å². The Hall–Kier alpha value is -3.05. The summed E-state index contributed by atoms with van der Waals surface area (Å²) in [5.74, 6) is -0.539. The van der Waals surface area contributed by atoms with Gasteiger partial charge in [-0.2, -0.15) is 0 Å². The Morgan fingerprint density at radius 2 is 1.77 bits per heavy atom. The van der Waals surface area contributed by atoms with Crippen LogP contribution in [0.1, 0.15) is 33.2 Å². The molecule has 1 N–H and O–H groups in total. The molecule has 0 aliphatic rings. The van der Waals surface area contributed by atoms with E-state index in [2.05, 4.69) is 18.5 Å². The molecule has 0 fully saturated rings. The SMILES string of the molecule is C=CCN(CC=C)c1ccc(Cl)cc1C(=O)NCCc1ccc(C(=O)OCC)cc1. The highest BCUT2D eigenvalue weighted by Gasteiger charge is 2.16. The van der Waals surface area contributed by atoms with Crippen molar-refractivity contribution in [3.63, 3.8) is 0 Å². The van der Waals surface area contributed by atoms with E-state index in [-0.39, 0.29) is 11.9 Å². The second kappa shape index (κ2) is 11.8. The first-order valence-corrected chi connectivity index (χ1v) is 10.2. The Balaban J connectivity index is 2.04. The third-order valence-corrected chi connectivity index (χ3v) is 4.64. The van der Waals surface area contributed by atoms with Crippen molar-refractivity contribution in [1.29, 1.82) is 0 Å². The lowest BCUT2D eigenvalue weighted by molar-refractivity contribution is 0.0526. The van der Waals surface area contributed by atoms with Crippen LogP contribution in [-0.4, -0.2) is 38.1 Å². The highest BCUT2D eigenvalue weighted by Crippen LogP contribution is 2.24. The first-order valence-electron chi connectivity index (χ1n) is 9.80. The number of amides is 1. The first kappa shape index (κ1) is 23.2. The molecule has 0 bridgehead atoms. The lowest BCUT2D eigenvalue weighted by Crippen LogP contribution is -2.30. The normalized spacial score (nSPS) is 10.2. The molecule has 1 amide bonds. The fourth-order valence-electron chi connectivity index (χ4n) is 2.99. The minimum atomic E-state index is -0.338. The van der Waals surface area contributed by atoms with Gasteiger partial charge in [0.05, 0.1) is 23.4 Å². The Morgan fingerprint density at radius 3 is 2.37 bits per heavy atom. The van der Waals surface area contributed by atoms with E-state index in [0.717, 1.165) is 11.3 Å². The van der Waals surface area contributed by atoms with E-state index >= 15 is 0 Å². The topological polar surface area (TPSA) is 58.6 Å². The fraction of sp³-hybridized carbons (Fsp3) is 0.250. The molecule has 6 heteroatoms. The molecule has 0 unspecified atom stereocenters. The zero-order valence-corrected chi connectivity index (χ0v) is 18.0. The van der Waals surface area contributed by atoms with Gasteiger partial charge >= 0.3 is 5.97 Å². The first-order chi connectivity index (χ1) is 14.5. The summed E-state index contributed by atoms with van der Waals surface area (Å²) >= 11 is 6.14. The lowest BCUT2D eigenvalue weighted by Gasteiger charge is -2.24.